The van der Waals surface area contributed by atoms with E-state index < -0.39 is 5.97 Å². The maximum absolute atomic E-state index is 13.4. The lowest BCUT2D eigenvalue weighted by Crippen LogP contribution is -2.09. The number of carbonyl (C=O) groups is 2. The Morgan fingerprint density at radius 2 is 1.69 bits per heavy atom. The second-order valence-electron chi connectivity index (χ2n) is 7.89. The number of carbonyl (C=O) groups excluding carboxylic acids is 2. The highest BCUT2D eigenvalue weighted by atomic mass is 32.1. The number of ketones is 1. The Kier molecular flexibility index (Phi) is 6.78. The molecule has 0 aliphatic rings. The fourth-order valence-electron chi connectivity index (χ4n) is 3.81. The lowest BCUT2D eigenvalue weighted by Gasteiger charge is -2.07. The van der Waals surface area contributed by atoms with Crippen molar-refractivity contribution in [1.29, 1.82) is 0 Å². The number of allylic oxidation sites excluding steroid dienone is 1. The fraction of sp³-hybridized carbons (Fsp3) is 0.0667. The molecule has 0 amide bonds. The molecule has 2 aromatic heterocycles. The Labute approximate surface area is 212 Å². The largest absolute Gasteiger partial charge is 0.494 e. The van der Waals surface area contributed by atoms with Gasteiger partial charge in [0.1, 0.15) is 28.4 Å². The van der Waals surface area contributed by atoms with Crippen LogP contribution in [0.3, 0.4) is 0 Å². The van der Waals surface area contributed by atoms with Crippen LogP contribution in [0.15, 0.2) is 101 Å². The summed E-state index contributed by atoms with van der Waals surface area (Å²) in [6.45, 7) is 2.40. The van der Waals surface area contributed by atoms with Crippen molar-refractivity contribution < 1.29 is 23.5 Å². The van der Waals surface area contributed by atoms with Crippen molar-refractivity contribution in [3.63, 3.8) is 0 Å². The minimum Gasteiger partial charge on any atom is -0.494 e. The number of hydrogen-bond acceptors (Lipinski definition) is 6. The summed E-state index contributed by atoms with van der Waals surface area (Å²) in [6, 6.07) is 25.2. The molecule has 0 saturated heterocycles. The van der Waals surface area contributed by atoms with E-state index in [4.69, 9.17) is 13.9 Å². The molecule has 5 aromatic rings. The minimum absolute atomic E-state index is 0.128. The predicted molar refractivity (Wildman–Crippen MR) is 142 cm³/mol. The van der Waals surface area contributed by atoms with Gasteiger partial charge in [0.25, 0.3) is 0 Å². The van der Waals surface area contributed by atoms with Crippen molar-refractivity contribution in [2.75, 3.05) is 6.61 Å². The zero-order valence-electron chi connectivity index (χ0n) is 19.5. The summed E-state index contributed by atoms with van der Waals surface area (Å²) in [7, 11) is 0. The topological polar surface area (TPSA) is 65.7 Å². The Balaban J connectivity index is 1.43. The second-order valence-corrected chi connectivity index (χ2v) is 8.87. The van der Waals surface area contributed by atoms with Crippen molar-refractivity contribution in [3.8, 4) is 22.8 Å². The summed E-state index contributed by atoms with van der Waals surface area (Å²) in [6.07, 6.45) is 3.32. The summed E-state index contributed by atoms with van der Waals surface area (Å²) in [5.41, 5.74) is 2.14. The highest BCUT2D eigenvalue weighted by Crippen LogP contribution is 2.36. The molecule has 0 aliphatic carbocycles. The first-order chi connectivity index (χ1) is 17.6. The number of fused-ring (bicyclic) bond motifs is 1. The first-order valence-corrected chi connectivity index (χ1v) is 12.3. The van der Waals surface area contributed by atoms with E-state index >= 15 is 0 Å². The van der Waals surface area contributed by atoms with E-state index in [0.29, 0.717) is 46.0 Å². The van der Waals surface area contributed by atoms with Gasteiger partial charge in [0, 0.05) is 21.4 Å². The van der Waals surface area contributed by atoms with E-state index in [0.717, 1.165) is 10.4 Å². The zero-order chi connectivity index (χ0) is 24.9. The molecule has 5 nitrogen and oxygen atoms in total. The Bertz CT molecular complexity index is 1530. The maximum atomic E-state index is 13.4. The molecule has 0 saturated carbocycles. The first-order valence-electron chi connectivity index (χ1n) is 11.5. The van der Waals surface area contributed by atoms with Gasteiger partial charge in [0.2, 0.25) is 0 Å². The van der Waals surface area contributed by atoms with Crippen LogP contribution < -0.4 is 9.47 Å². The average Bonchev–Trinajstić information content (AvgIpc) is 3.56. The van der Waals surface area contributed by atoms with Gasteiger partial charge in [-0.25, -0.2) is 4.79 Å². The normalized spacial score (nSPS) is 11.1. The van der Waals surface area contributed by atoms with Gasteiger partial charge in [0.05, 0.1) is 6.61 Å². The third-order valence-corrected chi connectivity index (χ3v) is 6.34. The number of esters is 1. The van der Waals surface area contributed by atoms with Crippen LogP contribution >= 0.6 is 11.3 Å². The van der Waals surface area contributed by atoms with Crippen LogP contribution in [0.5, 0.6) is 11.5 Å². The van der Waals surface area contributed by atoms with E-state index in [2.05, 4.69) is 0 Å². The molecule has 0 aliphatic heterocycles. The third-order valence-electron chi connectivity index (χ3n) is 5.50. The maximum Gasteiger partial charge on any atom is 0.348 e. The number of benzene rings is 3. The first kappa shape index (κ1) is 23.3. The molecular weight excluding hydrogens is 472 g/mol. The quantitative estimate of drug-likeness (QED) is 0.0958. The van der Waals surface area contributed by atoms with Gasteiger partial charge in [-0.2, -0.15) is 0 Å². The van der Waals surface area contributed by atoms with Gasteiger partial charge >= 0.3 is 5.97 Å². The minimum atomic E-state index is -0.557. The summed E-state index contributed by atoms with van der Waals surface area (Å²) >= 11 is 1.56. The number of thiophene rings is 1. The molecule has 178 valence electrons. The van der Waals surface area contributed by atoms with Crippen LogP contribution in [0.1, 0.15) is 32.5 Å². The highest BCUT2D eigenvalue weighted by molar-refractivity contribution is 7.10. The fourth-order valence-corrected chi connectivity index (χ4v) is 4.43. The van der Waals surface area contributed by atoms with Gasteiger partial charge < -0.3 is 13.9 Å². The van der Waals surface area contributed by atoms with Gasteiger partial charge in [-0.1, -0.05) is 36.4 Å². The van der Waals surface area contributed by atoms with Crippen molar-refractivity contribution >= 4 is 40.1 Å². The van der Waals surface area contributed by atoms with Crippen molar-refractivity contribution in [3.05, 3.63) is 112 Å². The Morgan fingerprint density at radius 1 is 0.917 bits per heavy atom. The van der Waals surface area contributed by atoms with Crippen molar-refractivity contribution in [1.82, 2.24) is 0 Å². The summed E-state index contributed by atoms with van der Waals surface area (Å²) in [5, 5.41) is 2.56. The van der Waals surface area contributed by atoms with E-state index in [1.807, 2.05) is 60.8 Å². The molecule has 36 heavy (non-hydrogen) atoms. The Hall–Kier alpha value is -4.42. The summed E-state index contributed by atoms with van der Waals surface area (Å²) < 4.78 is 17.4. The van der Waals surface area contributed by atoms with Crippen LogP contribution in [0.2, 0.25) is 0 Å². The molecule has 0 unspecified atom stereocenters. The third kappa shape index (κ3) is 4.99. The zero-order valence-corrected chi connectivity index (χ0v) is 20.3. The van der Waals surface area contributed by atoms with E-state index in [-0.39, 0.29) is 5.78 Å². The molecule has 2 heterocycles. The molecule has 0 N–H and O–H groups in total. The molecule has 3 aromatic carbocycles. The van der Waals surface area contributed by atoms with E-state index in [1.165, 1.54) is 6.08 Å². The van der Waals surface area contributed by atoms with Crippen LogP contribution in [0.4, 0.5) is 0 Å². The van der Waals surface area contributed by atoms with Gasteiger partial charge in [-0.05, 0) is 73.0 Å². The van der Waals surface area contributed by atoms with Crippen molar-refractivity contribution in [2.24, 2.45) is 0 Å². The van der Waals surface area contributed by atoms with Crippen LogP contribution in [-0.2, 0) is 0 Å². The number of rotatable bonds is 8. The van der Waals surface area contributed by atoms with Crippen LogP contribution in [0, 0.1) is 0 Å². The molecular formula is C30H22O5S. The van der Waals surface area contributed by atoms with E-state index in [9.17, 15) is 9.59 Å². The average molecular weight is 495 g/mol. The molecule has 0 spiro atoms. The van der Waals surface area contributed by atoms with Crippen molar-refractivity contribution in [2.45, 2.75) is 6.92 Å². The van der Waals surface area contributed by atoms with E-state index in [1.54, 1.807) is 53.8 Å². The molecule has 0 bridgehead atoms. The number of ether oxygens (including phenoxy) is 2. The molecule has 5 rings (SSSR count). The molecule has 0 radical (unpaired) electrons. The lowest BCUT2D eigenvalue weighted by molar-refractivity contribution is 0.0737. The molecule has 0 fully saturated rings. The molecule has 0 atom stereocenters. The smallest absolute Gasteiger partial charge is 0.348 e. The van der Waals surface area contributed by atoms with Gasteiger partial charge in [-0.15, -0.1) is 11.3 Å². The van der Waals surface area contributed by atoms with Crippen LogP contribution in [0.25, 0.3) is 28.4 Å². The number of furan rings is 1. The van der Waals surface area contributed by atoms with Gasteiger partial charge in [0.15, 0.2) is 5.78 Å². The second kappa shape index (κ2) is 10.5. The summed E-state index contributed by atoms with van der Waals surface area (Å²) in [5.74, 6) is 0.704. The standard InChI is InChI=1S/C30H22O5S/c1-2-33-23-14-17-27-25(19-23)28(29(35-27)21-7-4-3-5-8-21)30(32)34-22-12-10-20(11-13-22)26(31)16-15-24-9-6-18-36-24/h3-19H,2H2,1H3/b16-15+. The molecule has 6 heteroatoms. The Morgan fingerprint density at radius 3 is 2.42 bits per heavy atom. The lowest BCUT2D eigenvalue weighted by atomic mass is 10.1. The SMILES string of the molecule is CCOc1ccc2oc(-c3ccccc3)c(C(=O)Oc3ccc(C(=O)/C=C/c4cccs4)cc3)c2c1. The number of hydrogen-bond donors (Lipinski definition) is 0. The predicted octanol–water partition coefficient (Wildman–Crippen LogP) is 7.68. The summed E-state index contributed by atoms with van der Waals surface area (Å²) in [4.78, 5) is 26.9. The highest BCUT2D eigenvalue weighted by Gasteiger charge is 2.24. The van der Waals surface area contributed by atoms with Gasteiger partial charge in [-0.3, -0.25) is 4.79 Å². The van der Waals surface area contributed by atoms with Crippen LogP contribution in [-0.4, -0.2) is 18.4 Å². The monoisotopic (exact) mass is 494 g/mol.